The van der Waals surface area contributed by atoms with Gasteiger partial charge in [0.05, 0.1) is 10.6 Å². The van der Waals surface area contributed by atoms with Crippen LogP contribution in [-0.2, 0) is 16.4 Å². The number of nitrogens with two attached hydrogens (primary N) is 1. The molecule has 1 atom stereocenters. The second-order valence-electron chi connectivity index (χ2n) is 5.78. The molecule has 2 aromatic carbocycles. The minimum absolute atomic E-state index is 0.160. The smallest absolute Gasteiger partial charge is 0.264 e. The van der Waals surface area contributed by atoms with Crippen LogP contribution in [0.15, 0.2) is 53.4 Å². The summed E-state index contributed by atoms with van der Waals surface area (Å²) in [6, 6.07) is 14.4. The lowest BCUT2D eigenvalue weighted by molar-refractivity contribution is 0.579. The monoisotopic (exact) mass is 316 g/mol. The maximum absolute atomic E-state index is 13.0. The predicted molar refractivity (Wildman–Crippen MR) is 88.4 cm³/mol. The number of para-hydroxylation sites is 1. The van der Waals surface area contributed by atoms with Gasteiger partial charge < -0.3 is 5.73 Å². The van der Waals surface area contributed by atoms with Gasteiger partial charge in [-0.2, -0.15) is 0 Å². The third-order valence-electron chi connectivity index (χ3n) is 4.05. The third kappa shape index (κ3) is 2.74. The van der Waals surface area contributed by atoms with E-state index in [1.807, 2.05) is 43.3 Å². The minimum Gasteiger partial charge on any atom is -0.326 e. The zero-order chi connectivity index (χ0) is 15.7. The summed E-state index contributed by atoms with van der Waals surface area (Å²) in [5.41, 5.74) is 8.91. The first-order valence-corrected chi connectivity index (χ1v) is 8.85. The average Bonchev–Trinajstić information content (AvgIpc) is 2.68. The summed E-state index contributed by atoms with van der Waals surface area (Å²) in [5, 5.41) is 0. The summed E-state index contributed by atoms with van der Waals surface area (Å²) in [7, 11) is -3.60. The van der Waals surface area contributed by atoms with Crippen molar-refractivity contribution in [2.75, 3.05) is 10.8 Å². The van der Waals surface area contributed by atoms with Crippen LogP contribution in [0.5, 0.6) is 0 Å². The zero-order valence-electron chi connectivity index (χ0n) is 12.6. The number of hydrogen-bond acceptors (Lipinski definition) is 3. The van der Waals surface area contributed by atoms with Crippen LogP contribution < -0.4 is 10.0 Å². The second kappa shape index (κ2) is 5.74. The highest BCUT2D eigenvalue weighted by molar-refractivity contribution is 7.92. The molecule has 5 heteroatoms. The fourth-order valence-corrected chi connectivity index (χ4v) is 4.33. The summed E-state index contributed by atoms with van der Waals surface area (Å²) in [6.45, 7) is 2.25. The zero-order valence-corrected chi connectivity index (χ0v) is 13.4. The molecule has 0 fully saturated rings. The standard InChI is InChI=1S/C17H20N2O2S/c1-13-6-10-16(11-7-13)22(20,21)19-12-15(18)9-8-14-4-2-3-5-17(14)19/h2-7,10-11,15H,8-9,12,18H2,1H3. The van der Waals surface area contributed by atoms with Gasteiger partial charge in [0.15, 0.2) is 0 Å². The average molecular weight is 316 g/mol. The lowest BCUT2D eigenvalue weighted by Crippen LogP contribution is -2.40. The Morgan fingerprint density at radius 2 is 1.77 bits per heavy atom. The van der Waals surface area contributed by atoms with E-state index >= 15 is 0 Å². The Labute approximate surface area is 131 Å². The fourth-order valence-electron chi connectivity index (χ4n) is 2.77. The van der Waals surface area contributed by atoms with E-state index in [0.29, 0.717) is 11.4 Å². The predicted octanol–water partition coefficient (Wildman–Crippen LogP) is 2.46. The number of nitrogens with zero attached hydrogens (tertiary/aromatic N) is 1. The van der Waals surface area contributed by atoms with E-state index in [4.69, 9.17) is 5.73 Å². The highest BCUT2D eigenvalue weighted by Crippen LogP contribution is 2.30. The summed E-state index contributed by atoms with van der Waals surface area (Å²) in [5.74, 6) is 0. The molecule has 2 N–H and O–H groups in total. The largest absolute Gasteiger partial charge is 0.326 e. The van der Waals surface area contributed by atoms with Gasteiger partial charge in [0, 0.05) is 12.6 Å². The van der Waals surface area contributed by atoms with Gasteiger partial charge in [0.25, 0.3) is 10.0 Å². The minimum atomic E-state index is -3.60. The van der Waals surface area contributed by atoms with Gasteiger partial charge in [0.1, 0.15) is 0 Å². The highest BCUT2D eigenvalue weighted by atomic mass is 32.2. The van der Waals surface area contributed by atoms with Gasteiger partial charge in [-0.3, -0.25) is 4.31 Å². The van der Waals surface area contributed by atoms with Crippen molar-refractivity contribution in [3.05, 3.63) is 59.7 Å². The van der Waals surface area contributed by atoms with Crippen LogP contribution in [0.3, 0.4) is 0 Å². The van der Waals surface area contributed by atoms with Crippen molar-refractivity contribution in [2.45, 2.75) is 30.7 Å². The number of sulfonamides is 1. The van der Waals surface area contributed by atoms with E-state index in [9.17, 15) is 8.42 Å². The maximum Gasteiger partial charge on any atom is 0.264 e. The molecule has 1 unspecified atom stereocenters. The van der Waals surface area contributed by atoms with Crippen molar-refractivity contribution in [1.82, 2.24) is 0 Å². The Bertz CT molecular complexity index is 770. The number of anilines is 1. The van der Waals surface area contributed by atoms with Crippen LogP contribution >= 0.6 is 0 Å². The van der Waals surface area contributed by atoms with Crippen LogP contribution in [-0.4, -0.2) is 21.0 Å². The Balaban J connectivity index is 2.10. The molecule has 0 aromatic heterocycles. The molecule has 1 aliphatic rings. The number of benzene rings is 2. The lowest BCUT2D eigenvalue weighted by Gasteiger charge is -2.26. The quantitative estimate of drug-likeness (QED) is 0.925. The summed E-state index contributed by atoms with van der Waals surface area (Å²) >= 11 is 0. The molecule has 0 amide bonds. The van der Waals surface area contributed by atoms with Crippen LogP contribution in [0.2, 0.25) is 0 Å². The molecule has 22 heavy (non-hydrogen) atoms. The molecular formula is C17H20N2O2S. The normalized spacial score (nSPS) is 18.6. The Morgan fingerprint density at radius 3 is 2.50 bits per heavy atom. The van der Waals surface area contributed by atoms with Gasteiger partial charge in [-0.05, 0) is 43.5 Å². The van der Waals surface area contributed by atoms with Gasteiger partial charge in [-0.1, -0.05) is 35.9 Å². The molecule has 3 rings (SSSR count). The number of fused-ring (bicyclic) bond motifs is 1. The van der Waals surface area contributed by atoms with Crippen LogP contribution in [0.1, 0.15) is 17.5 Å². The first-order chi connectivity index (χ1) is 10.5. The van der Waals surface area contributed by atoms with Crippen molar-refractivity contribution in [1.29, 1.82) is 0 Å². The van der Waals surface area contributed by atoms with Crippen molar-refractivity contribution >= 4 is 15.7 Å². The SMILES string of the molecule is Cc1ccc(S(=O)(=O)N2CC(N)CCc3ccccc32)cc1. The van der Waals surface area contributed by atoms with Crippen molar-refractivity contribution in [3.8, 4) is 0 Å². The number of hydrogen-bond donors (Lipinski definition) is 1. The van der Waals surface area contributed by atoms with Gasteiger partial charge in [-0.15, -0.1) is 0 Å². The molecule has 0 saturated carbocycles. The molecule has 4 nitrogen and oxygen atoms in total. The molecule has 1 aliphatic heterocycles. The topological polar surface area (TPSA) is 63.4 Å². The Hall–Kier alpha value is -1.85. The molecule has 1 heterocycles. The van der Waals surface area contributed by atoms with E-state index in [0.717, 1.165) is 29.7 Å². The Kier molecular flexibility index (Phi) is 3.93. The second-order valence-corrected chi connectivity index (χ2v) is 7.64. The molecule has 0 aliphatic carbocycles. The fraction of sp³-hybridized carbons (Fsp3) is 0.294. The van der Waals surface area contributed by atoms with E-state index in [1.165, 1.54) is 4.31 Å². The molecule has 116 valence electrons. The summed E-state index contributed by atoms with van der Waals surface area (Å²) in [4.78, 5) is 0.307. The highest BCUT2D eigenvalue weighted by Gasteiger charge is 2.30. The van der Waals surface area contributed by atoms with E-state index < -0.39 is 10.0 Å². The molecule has 0 spiro atoms. The van der Waals surface area contributed by atoms with Crippen LogP contribution in [0.25, 0.3) is 0 Å². The number of rotatable bonds is 2. The van der Waals surface area contributed by atoms with Crippen LogP contribution in [0.4, 0.5) is 5.69 Å². The van der Waals surface area contributed by atoms with E-state index in [2.05, 4.69) is 0 Å². The molecule has 0 bridgehead atoms. The van der Waals surface area contributed by atoms with Gasteiger partial charge >= 0.3 is 0 Å². The van der Waals surface area contributed by atoms with Gasteiger partial charge in [0.2, 0.25) is 0 Å². The summed E-state index contributed by atoms with van der Waals surface area (Å²) < 4.78 is 27.5. The number of aryl methyl sites for hydroxylation is 2. The Morgan fingerprint density at radius 1 is 1.09 bits per heavy atom. The van der Waals surface area contributed by atoms with E-state index in [-0.39, 0.29) is 6.04 Å². The van der Waals surface area contributed by atoms with E-state index in [1.54, 1.807) is 12.1 Å². The maximum atomic E-state index is 13.0. The van der Waals surface area contributed by atoms with Gasteiger partial charge in [-0.25, -0.2) is 8.42 Å². The first-order valence-electron chi connectivity index (χ1n) is 7.41. The molecule has 2 aromatic rings. The lowest BCUT2D eigenvalue weighted by atomic mass is 10.1. The van der Waals surface area contributed by atoms with Crippen molar-refractivity contribution < 1.29 is 8.42 Å². The van der Waals surface area contributed by atoms with Crippen molar-refractivity contribution in [2.24, 2.45) is 5.73 Å². The summed E-state index contributed by atoms with van der Waals surface area (Å²) in [6.07, 6.45) is 1.59. The molecule has 0 saturated heterocycles. The van der Waals surface area contributed by atoms with Crippen molar-refractivity contribution in [3.63, 3.8) is 0 Å². The third-order valence-corrected chi connectivity index (χ3v) is 5.85. The van der Waals surface area contributed by atoms with Crippen LogP contribution in [0, 0.1) is 6.92 Å². The molecular weight excluding hydrogens is 296 g/mol. The molecule has 0 radical (unpaired) electrons. The first kappa shape index (κ1) is 15.1.